The number of allylic oxidation sites excluding steroid dienone is 2. The van der Waals surface area contributed by atoms with Crippen LogP contribution in [0.1, 0.15) is 83.5 Å². The lowest BCUT2D eigenvalue weighted by atomic mass is 9.76. The van der Waals surface area contributed by atoms with Gasteiger partial charge in [0.1, 0.15) is 0 Å². The third-order valence-corrected chi connectivity index (χ3v) is 5.78. The van der Waals surface area contributed by atoms with Crippen LogP contribution in [0.15, 0.2) is 11.6 Å². The van der Waals surface area contributed by atoms with Crippen LogP contribution in [0.25, 0.3) is 0 Å². The van der Waals surface area contributed by atoms with Crippen molar-refractivity contribution in [1.29, 1.82) is 0 Å². The van der Waals surface area contributed by atoms with Gasteiger partial charge in [-0.2, -0.15) is 0 Å². The Bertz CT molecular complexity index is 276. The molecule has 1 unspecified atom stereocenters. The van der Waals surface area contributed by atoms with E-state index in [2.05, 4.69) is 6.08 Å². The summed E-state index contributed by atoms with van der Waals surface area (Å²) in [7, 11) is 0. The summed E-state index contributed by atoms with van der Waals surface area (Å²) in [6, 6.07) is 0. The molecule has 1 atom stereocenters. The van der Waals surface area contributed by atoms with Crippen LogP contribution in [0, 0.1) is 17.8 Å². The van der Waals surface area contributed by atoms with Gasteiger partial charge in [0.2, 0.25) is 0 Å². The number of rotatable bonds is 2. The molecule has 18 heavy (non-hydrogen) atoms. The second-order valence-electron chi connectivity index (χ2n) is 7.04. The van der Waals surface area contributed by atoms with Crippen LogP contribution in [0.2, 0.25) is 0 Å². The molecule has 3 aliphatic rings. The van der Waals surface area contributed by atoms with Crippen LogP contribution in [-0.2, 0) is 0 Å². The predicted molar refractivity (Wildman–Crippen MR) is 78.6 cm³/mol. The standard InChI is InChI=1S/C18H30/c1-3-8-15(9-4-1)14-17-12-7-13-18(17)16-10-5-2-6-11-16/h14-16,18H,1-13H2/b17-14+. The molecule has 0 radical (unpaired) electrons. The van der Waals surface area contributed by atoms with Gasteiger partial charge in [-0.25, -0.2) is 0 Å². The van der Waals surface area contributed by atoms with Crippen molar-refractivity contribution in [3.05, 3.63) is 11.6 Å². The lowest BCUT2D eigenvalue weighted by Crippen LogP contribution is -2.17. The molecule has 0 amide bonds. The summed E-state index contributed by atoms with van der Waals surface area (Å²) in [6.07, 6.45) is 22.2. The molecule has 0 N–H and O–H groups in total. The lowest BCUT2D eigenvalue weighted by Gasteiger charge is -2.29. The van der Waals surface area contributed by atoms with Gasteiger partial charge in [0.05, 0.1) is 0 Å². The topological polar surface area (TPSA) is 0 Å². The van der Waals surface area contributed by atoms with Gasteiger partial charge in [-0.05, 0) is 62.7 Å². The quantitative estimate of drug-likeness (QED) is 0.534. The average molecular weight is 246 g/mol. The van der Waals surface area contributed by atoms with Crippen molar-refractivity contribution in [1.82, 2.24) is 0 Å². The van der Waals surface area contributed by atoms with Gasteiger partial charge >= 0.3 is 0 Å². The molecule has 0 saturated heterocycles. The van der Waals surface area contributed by atoms with Crippen LogP contribution < -0.4 is 0 Å². The Labute approximate surface area is 113 Å². The second-order valence-corrected chi connectivity index (χ2v) is 7.04. The van der Waals surface area contributed by atoms with Crippen LogP contribution in [-0.4, -0.2) is 0 Å². The van der Waals surface area contributed by atoms with E-state index in [1.54, 1.807) is 0 Å². The van der Waals surface area contributed by atoms with E-state index < -0.39 is 0 Å². The Morgan fingerprint density at radius 2 is 1.33 bits per heavy atom. The minimum absolute atomic E-state index is 0.956. The summed E-state index contributed by atoms with van der Waals surface area (Å²) in [5.41, 5.74) is 1.90. The Kier molecular flexibility index (Phi) is 4.44. The van der Waals surface area contributed by atoms with E-state index >= 15 is 0 Å². The Morgan fingerprint density at radius 3 is 2.06 bits per heavy atom. The fourth-order valence-electron chi connectivity index (χ4n) is 4.78. The van der Waals surface area contributed by atoms with Gasteiger partial charge in [-0.1, -0.05) is 50.2 Å². The maximum atomic E-state index is 2.76. The Morgan fingerprint density at radius 1 is 0.667 bits per heavy atom. The van der Waals surface area contributed by atoms with Crippen molar-refractivity contribution in [3.8, 4) is 0 Å². The summed E-state index contributed by atoms with van der Waals surface area (Å²) < 4.78 is 0. The molecule has 0 aromatic heterocycles. The van der Waals surface area contributed by atoms with Gasteiger partial charge in [-0.3, -0.25) is 0 Å². The van der Waals surface area contributed by atoms with E-state index in [9.17, 15) is 0 Å². The molecule has 0 bridgehead atoms. The molecule has 0 aromatic rings. The molecule has 3 fully saturated rings. The fraction of sp³-hybridized carbons (Fsp3) is 0.889. The molecular formula is C18H30. The fourth-order valence-corrected chi connectivity index (χ4v) is 4.78. The van der Waals surface area contributed by atoms with Crippen LogP contribution >= 0.6 is 0 Å². The largest absolute Gasteiger partial charge is 0.0819 e. The van der Waals surface area contributed by atoms with Crippen LogP contribution in [0.4, 0.5) is 0 Å². The molecule has 3 saturated carbocycles. The van der Waals surface area contributed by atoms with E-state index in [0.29, 0.717) is 0 Å². The highest BCUT2D eigenvalue weighted by molar-refractivity contribution is 5.14. The van der Waals surface area contributed by atoms with E-state index in [4.69, 9.17) is 0 Å². The minimum Gasteiger partial charge on any atom is -0.0819 e. The molecule has 102 valence electrons. The van der Waals surface area contributed by atoms with E-state index in [0.717, 1.165) is 17.8 Å². The second kappa shape index (κ2) is 6.26. The zero-order valence-electron chi connectivity index (χ0n) is 12.0. The van der Waals surface area contributed by atoms with Gasteiger partial charge < -0.3 is 0 Å². The normalized spacial score (nSPS) is 34.2. The monoisotopic (exact) mass is 246 g/mol. The zero-order chi connectivity index (χ0) is 12.2. The van der Waals surface area contributed by atoms with Crippen molar-refractivity contribution in [2.24, 2.45) is 17.8 Å². The first-order chi connectivity index (χ1) is 8.93. The maximum Gasteiger partial charge on any atom is -0.0175 e. The van der Waals surface area contributed by atoms with Crippen molar-refractivity contribution in [3.63, 3.8) is 0 Å². The van der Waals surface area contributed by atoms with Crippen LogP contribution in [0.5, 0.6) is 0 Å². The molecule has 0 nitrogen and oxygen atoms in total. The molecule has 3 rings (SSSR count). The highest BCUT2D eigenvalue weighted by Gasteiger charge is 2.30. The van der Waals surface area contributed by atoms with Crippen molar-refractivity contribution >= 4 is 0 Å². The summed E-state index contributed by atoms with van der Waals surface area (Å²) in [6.45, 7) is 0. The molecule has 0 heteroatoms. The molecule has 0 heterocycles. The Balaban J connectivity index is 1.63. The zero-order valence-corrected chi connectivity index (χ0v) is 12.0. The van der Waals surface area contributed by atoms with E-state index in [-0.39, 0.29) is 0 Å². The summed E-state index contributed by atoms with van der Waals surface area (Å²) in [5, 5.41) is 0. The minimum atomic E-state index is 0.956. The van der Waals surface area contributed by atoms with Crippen molar-refractivity contribution in [2.45, 2.75) is 83.5 Å². The van der Waals surface area contributed by atoms with Gasteiger partial charge in [0.25, 0.3) is 0 Å². The van der Waals surface area contributed by atoms with E-state index in [1.165, 1.54) is 83.5 Å². The average Bonchev–Trinajstić information content (AvgIpc) is 2.89. The highest BCUT2D eigenvalue weighted by atomic mass is 14.4. The number of hydrogen-bond acceptors (Lipinski definition) is 0. The Hall–Kier alpha value is -0.260. The smallest absolute Gasteiger partial charge is 0.0175 e. The first-order valence-corrected chi connectivity index (χ1v) is 8.64. The summed E-state index contributed by atoms with van der Waals surface area (Å²) in [5.74, 6) is 3.03. The van der Waals surface area contributed by atoms with Crippen LogP contribution in [0.3, 0.4) is 0 Å². The van der Waals surface area contributed by atoms with Gasteiger partial charge in [-0.15, -0.1) is 0 Å². The third kappa shape index (κ3) is 3.00. The van der Waals surface area contributed by atoms with Crippen molar-refractivity contribution < 1.29 is 0 Å². The maximum absolute atomic E-state index is 2.76. The highest BCUT2D eigenvalue weighted by Crippen LogP contribution is 2.43. The summed E-state index contributed by atoms with van der Waals surface area (Å²) in [4.78, 5) is 0. The molecule has 0 spiro atoms. The molecule has 3 aliphatic carbocycles. The first-order valence-electron chi connectivity index (χ1n) is 8.64. The molecule has 0 aromatic carbocycles. The predicted octanol–water partition coefficient (Wildman–Crippen LogP) is 5.87. The van der Waals surface area contributed by atoms with E-state index in [1.807, 2.05) is 5.57 Å². The van der Waals surface area contributed by atoms with Gasteiger partial charge in [0, 0.05) is 0 Å². The molecule has 0 aliphatic heterocycles. The molecular weight excluding hydrogens is 216 g/mol. The lowest BCUT2D eigenvalue weighted by molar-refractivity contribution is 0.278. The first kappa shape index (κ1) is 12.8. The summed E-state index contributed by atoms with van der Waals surface area (Å²) >= 11 is 0. The van der Waals surface area contributed by atoms with Gasteiger partial charge in [0.15, 0.2) is 0 Å². The number of hydrogen-bond donors (Lipinski definition) is 0. The SMILES string of the molecule is C(=C1/CCCC1C1CCCCC1)/C1CCCCC1. The third-order valence-electron chi connectivity index (χ3n) is 5.78. The van der Waals surface area contributed by atoms with Crippen molar-refractivity contribution in [2.75, 3.05) is 0 Å².